The van der Waals surface area contributed by atoms with Crippen LogP contribution in [0.2, 0.25) is 10.0 Å². The van der Waals surface area contributed by atoms with E-state index in [0.29, 0.717) is 15.6 Å². The second-order valence-electron chi connectivity index (χ2n) is 8.20. The summed E-state index contributed by atoms with van der Waals surface area (Å²) in [5.74, 6) is -3.44. The van der Waals surface area contributed by atoms with Gasteiger partial charge in [-0.2, -0.15) is 0 Å². The molecule has 0 radical (unpaired) electrons. The minimum absolute atomic E-state index is 0.0174. The number of rotatable bonds is 7. The Bertz CT molecular complexity index is 1010. The minimum Gasteiger partial charge on any atom is -0.465 e. The lowest BCUT2D eigenvalue weighted by atomic mass is 9.63. The van der Waals surface area contributed by atoms with Crippen LogP contribution in [-0.2, 0) is 23.8 Å². The summed E-state index contributed by atoms with van der Waals surface area (Å²) in [7, 11) is 0. The molecule has 3 rings (SSSR count). The molecule has 0 aliphatic carbocycles. The highest BCUT2D eigenvalue weighted by atomic mass is 35.5. The highest BCUT2D eigenvalue weighted by molar-refractivity contribution is 6.31. The normalized spacial score (nSPS) is 20.8. The number of Topliss-reactive ketones (excluding diaryl/α,β-unsaturated/α-hetero) is 1. The molecule has 1 saturated heterocycles. The van der Waals surface area contributed by atoms with Gasteiger partial charge in [0.1, 0.15) is 0 Å². The summed E-state index contributed by atoms with van der Waals surface area (Å²) in [6.45, 7) is 6.49. The van der Waals surface area contributed by atoms with Gasteiger partial charge in [0.25, 0.3) is 0 Å². The molecular formula is C25H26Cl2O6. The van der Waals surface area contributed by atoms with Gasteiger partial charge < -0.3 is 14.2 Å². The van der Waals surface area contributed by atoms with Gasteiger partial charge in [-0.3, -0.25) is 14.4 Å². The van der Waals surface area contributed by atoms with Crippen LogP contribution >= 0.6 is 23.2 Å². The topological polar surface area (TPSA) is 78.9 Å². The maximum atomic E-state index is 14.0. The first-order valence-electron chi connectivity index (χ1n) is 10.7. The number of hydrogen-bond acceptors (Lipinski definition) is 6. The van der Waals surface area contributed by atoms with Crippen LogP contribution < -0.4 is 0 Å². The van der Waals surface area contributed by atoms with Crippen molar-refractivity contribution in [1.82, 2.24) is 0 Å². The number of benzene rings is 2. The molecule has 1 fully saturated rings. The van der Waals surface area contributed by atoms with E-state index >= 15 is 0 Å². The minimum atomic E-state index is -2.04. The van der Waals surface area contributed by atoms with E-state index in [1.807, 2.05) is 0 Å². The molecule has 8 heteroatoms. The van der Waals surface area contributed by atoms with E-state index in [4.69, 9.17) is 37.4 Å². The average Bonchev–Trinajstić information content (AvgIpc) is 3.02. The van der Waals surface area contributed by atoms with Crippen molar-refractivity contribution in [3.05, 3.63) is 69.7 Å². The fourth-order valence-electron chi connectivity index (χ4n) is 4.44. The maximum Gasteiger partial charge on any atom is 0.327 e. The van der Waals surface area contributed by atoms with Gasteiger partial charge in [-0.05, 0) is 69.7 Å². The zero-order valence-corrected chi connectivity index (χ0v) is 20.4. The van der Waals surface area contributed by atoms with Crippen molar-refractivity contribution in [2.45, 2.75) is 39.4 Å². The van der Waals surface area contributed by atoms with E-state index in [1.54, 1.807) is 76.2 Å². The predicted molar refractivity (Wildman–Crippen MR) is 124 cm³/mol. The fourth-order valence-corrected chi connectivity index (χ4v) is 4.69. The number of carbonyl (C=O) groups is 3. The molecule has 6 nitrogen and oxygen atoms in total. The van der Waals surface area contributed by atoms with Crippen LogP contribution in [0.1, 0.15) is 49.7 Å². The Labute approximate surface area is 203 Å². The Morgan fingerprint density at radius 3 is 1.76 bits per heavy atom. The Balaban J connectivity index is 2.29. The van der Waals surface area contributed by atoms with Crippen LogP contribution in [0.25, 0.3) is 0 Å². The molecular weight excluding hydrogens is 467 g/mol. The van der Waals surface area contributed by atoms with Crippen molar-refractivity contribution in [2.24, 2.45) is 11.3 Å². The molecule has 0 spiro atoms. The van der Waals surface area contributed by atoms with Gasteiger partial charge in [0.05, 0.1) is 30.8 Å². The second kappa shape index (κ2) is 9.84. The Hall–Kier alpha value is -2.41. The quantitative estimate of drug-likeness (QED) is 0.290. The van der Waals surface area contributed by atoms with E-state index in [2.05, 4.69) is 0 Å². The van der Waals surface area contributed by atoms with Crippen LogP contribution in [-0.4, -0.2) is 36.5 Å². The van der Waals surface area contributed by atoms with Crippen molar-refractivity contribution >= 4 is 40.9 Å². The number of carbonyl (C=O) groups excluding carboxylic acids is 3. The monoisotopic (exact) mass is 492 g/mol. The van der Waals surface area contributed by atoms with Crippen molar-refractivity contribution in [2.75, 3.05) is 13.2 Å². The lowest BCUT2D eigenvalue weighted by Gasteiger charge is -2.37. The molecule has 0 aromatic heterocycles. The number of esters is 2. The summed E-state index contributed by atoms with van der Waals surface area (Å²) in [4.78, 5) is 41.0. The smallest absolute Gasteiger partial charge is 0.327 e. The molecule has 0 N–H and O–H groups in total. The van der Waals surface area contributed by atoms with Gasteiger partial charge in [0.2, 0.25) is 5.41 Å². The molecule has 2 aromatic carbocycles. The zero-order chi connectivity index (χ0) is 24.4. The molecule has 1 heterocycles. The highest BCUT2D eigenvalue weighted by Gasteiger charge is 2.74. The van der Waals surface area contributed by atoms with Gasteiger partial charge in [0, 0.05) is 15.6 Å². The van der Waals surface area contributed by atoms with E-state index in [-0.39, 0.29) is 18.8 Å². The van der Waals surface area contributed by atoms with Crippen LogP contribution in [0.4, 0.5) is 0 Å². The highest BCUT2D eigenvalue weighted by Crippen LogP contribution is 2.58. The summed E-state index contributed by atoms with van der Waals surface area (Å²) in [6, 6.07) is 13.0. The third kappa shape index (κ3) is 4.39. The summed E-state index contributed by atoms with van der Waals surface area (Å²) in [5, 5.41) is 0.949. The van der Waals surface area contributed by atoms with Gasteiger partial charge in [-0.25, -0.2) is 0 Å². The van der Waals surface area contributed by atoms with E-state index < -0.39 is 40.8 Å². The molecule has 0 unspecified atom stereocenters. The van der Waals surface area contributed by atoms with Crippen LogP contribution in [0.15, 0.2) is 48.5 Å². The first-order chi connectivity index (χ1) is 15.6. The van der Waals surface area contributed by atoms with Crippen molar-refractivity contribution < 1.29 is 28.6 Å². The van der Waals surface area contributed by atoms with Gasteiger partial charge in [-0.15, -0.1) is 0 Å². The van der Waals surface area contributed by atoms with Crippen LogP contribution in [0, 0.1) is 11.3 Å². The number of hydrogen-bond donors (Lipinski definition) is 0. The zero-order valence-electron chi connectivity index (χ0n) is 18.9. The number of halogens is 2. The third-order valence-corrected chi connectivity index (χ3v) is 6.45. The van der Waals surface area contributed by atoms with E-state index in [0.717, 1.165) is 0 Å². The molecule has 33 heavy (non-hydrogen) atoms. The SMILES string of the molecule is CCOC(=O)C1(C(=O)OCC)[C@H](C(=O)c2ccc(Cl)cc2)[C@@H](c2ccc(Cl)cc2)OC1(C)C. The summed E-state index contributed by atoms with van der Waals surface area (Å²) in [5.41, 5.74) is -2.60. The Kier molecular flexibility index (Phi) is 7.52. The van der Waals surface area contributed by atoms with E-state index in [9.17, 15) is 14.4 Å². The maximum absolute atomic E-state index is 14.0. The number of ketones is 1. The summed E-state index contributed by atoms with van der Waals surface area (Å²) in [6.07, 6.45) is -0.936. The molecule has 0 bridgehead atoms. The Morgan fingerprint density at radius 1 is 0.848 bits per heavy atom. The Morgan fingerprint density at radius 2 is 1.30 bits per heavy atom. The largest absolute Gasteiger partial charge is 0.465 e. The summed E-state index contributed by atoms with van der Waals surface area (Å²) >= 11 is 12.1. The number of ether oxygens (including phenoxy) is 3. The summed E-state index contributed by atoms with van der Waals surface area (Å²) < 4.78 is 17.0. The van der Waals surface area contributed by atoms with Gasteiger partial charge in [0.15, 0.2) is 5.78 Å². The van der Waals surface area contributed by atoms with Crippen LogP contribution in [0.3, 0.4) is 0 Å². The lowest BCUT2D eigenvalue weighted by Crippen LogP contribution is -2.58. The fraction of sp³-hybridized carbons (Fsp3) is 0.400. The predicted octanol–water partition coefficient (Wildman–Crippen LogP) is 5.46. The molecule has 2 aromatic rings. The van der Waals surface area contributed by atoms with Crippen molar-refractivity contribution in [3.63, 3.8) is 0 Å². The van der Waals surface area contributed by atoms with Crippen molar-refractivity contribution in [1.29, 1.82) is 0 Å². The van der Waals surface area contributed by atoms with Gasteiger partial charge in [-0.1, -0.05) is 35.3 Å². The molecule has 176 valence electrons. The molecule has 2 atom stereocenters. The second-order valence-corrected chi connectivity index (χ2v) is 9.07. The average molecular weight is 493 g/mol. The molecule has 0 saturated carbocycles. The van der Waals surface area contributed by atoms with Crippen LogP contribution in [0.5, 0.6) is 0 Å². The van der Waals surface area contributed by atoms with E-state index in [1.165, 1.54) is 0 Å². The molecule has 1 aliphatic rings. The lowest BCUT2D eigenvalue weighted by molar-refractivity contribution is -0.185. The van der Waals surface area contributed by atoms with Gasteiger partial charge >= 0.3 is 11.9 Å². The standard InChI is InChI=1S/C25H26Cl2O6/c1-5-31-22(29)25(23(30)32-6-2)19(20(28)15-7-11-17(26)12-8-15)21(33-24(25,3)4)16-9-13-18(27)14-10-16/h7-14,19,21H,5-6H2,1-4H3/t19-,21-/m1/s1. The third-order valence-electron chi connectivity index (χ3n) is 5.95. The molecule has 0 amide bonds. The first kappa shape index (κ1) is 25.2. The first-order valence-corrected chi connectivity index (χ1v) is 11.4. The molecule has 1 aliphatic heterocycles. The van der Waals surface area contributed by atoms with Crippen molar-refractivity contribution in [3.8, 4) is 0 Å².